The number of esters is 4. The second-order valence-electron chi connectivity index (χ2n) is 20.1. The first-order chi connectivity index (χ1) is 41.1. The SMILES string of the molecule is O=C1C(=CC2=Cc3sc4c(c3C2(C(=O)OCc2ccccc2)C(=O)OCc2ccccc2)C(C(=O)OCc2ccccc2)(C(=O)OCc2ccccc2)c2c-4sc3cc(C=C4C(=O)c5cc(F)c(F)cc5C4=O)sc23)C(=O)c2cc(F)c(F)cc21. The average Bonchev–Trinajstić information content (AvgIpc) is 1.51. The molecule has 6 aromatic carbocycles. The Morgan fingerprint density at radius 2 is 0.765 bits per heavy atom. The topological polar surface area (TPSA) is 173 Å². The number of thiophene rings is 3. The summed E-state index contributed by atoms with van der Waals surface area (Å²) in [6.45, 7) is -1.83. The standard InChI is InChI=1S/C66H36F4O12S3/c67-45-25-39-40(26-46(45)68)55(72)43(54(39)71)21-37-22-49-51(65(37,61(75)79-29-33-13-5-1-6-14-33)62(76)80-30-34-15-7-2-8-16-34)52-59(84-49)60-53(58-50(85-60)24-38(83-58)23-44-56(73)41-27-47(69)48(70)28-42(41)57(44)74)66(52,63(77)81-31-35-17-9-3-10-18-35)64(78)82-32-36-19-11-4-12-20-36/h1-28H,29-32H2. The molecule has 0 amide bonds. The molecule has 3 heterocycles. The van der Waals surface area contributed by atoms with Gasteiger partial charge in [0.2, 0.25) is 10.8 Å². The Balaban J connectivity index is 1.07. The van der Waals surface area contributed by atoms with Crippen LogP contribution >= 0.6 is 34.0 Å². The normalized spacial score (nSPS) is 14.8. The first-order valence-electron chi connectivity index (χ1n) is 26.0. The van der Waals surface area contributed by atoms with Crippen molar-refractivity contribution in [2.75, 3.05) is 0 Å². The zero-order chi connectivity index (χ0) is 59.1. The van der Waals surface area contributed by atoms with E-state index in [9.17, 15) is 36.7 Å². The van der Waals surface area contributed by atoms with Gasteiger partial charge in [-0.3, -0.25) is 38.4 Å². The maximum atomic E-state index is 16.2. The van der Waals surface area contributed by atoms with Crippen LogP contribution in [0.2, 0.25) is 0 Å². The Kier molecular flexibility index (Phi) is 13.5. The molecule has 4 aliphatic rings. The van der Waals surface area contributed by atoms with Gasteiger partial charge < -0.3 is 18.9 Å². The van der Waals surface area contributed by atoms with E-state index in [-0.39, 0.29) is 52.0 Å². The van der Waals surface area contributed by atoms with Gasteiger partial charge in [-0.15, -0.1) is 34.0 Å². The van der Waals surface area contributed by atoms with Gasteiger partial charge in [-0.25, -0.2) is 17.6 Å². The van der Waals surface area contributed by atoms with Crippen molar-refractivity contribution < 1.29 is 74.9 Å². The summed E-state index contributed by atoms with van der Waals surface area (Å²) in [6.07, 6.45) is 3.51. The van der Waals surface area contributed by atoms with Crippen molar-refractivity contribution in [1.29, 1.82) is 0 Å². The quantitative estimate of drug-likeness (QED) is 0.0252. The predicted molar refractivity (Wildman–Crippen MR) is 305 cm³/mol. The van der Waals surface area contributed by atoms with Crippen molar-refractivity contribution in [3.8, 4) is 9.75 Å². The van der Waals surface area contributed by atoms with E-state index in [0.29, 0.717) is 51.2 Å². The molecule has 0 saturated carbocycles. The highest BCUT2D eigenvalue weighted by molar-refractivity contribution is 7.32. The summed E-state index contributed by atoms with van der Waals surface area (Å²) in [5.41, 5.74) is -7.82. The number of ketones is 4. The number of fused-ring (bicyclic) bond motifs is 9. The third kappa shape index (κ3) is 8.75. The number of ether oxygens (including phenoxy) is 4. The average molecular weight is 1190 g/mol. The van der Waals surface area contributed by atoms with Gasteiger partial charge in [0.05, 0.1) is 25.6 Å². The van der Waals surface area contributed by atoms with E-state index in [1.165, 1.54) is 12.2 Å². The van der Waals surface area contributed by atoms with Gasteiger partial charge in [-0.1, -0.05) is 121 Å². The van der Waals surface area contributed by atoms with Gasteiger partial charge in [0.25, 0.3) is 0 Å². The zero-order valence-electron chi connectivity index (χ0n) is 43.6. The molecule has 0 aliphatic heterocycles. The number of carbonyl (C=O) groups is 8. The lowest BCUT2D eigenvalue weighted by Crippen LogP contribution is -2.51. The third-order valence-electron chi connectivity index (χ3n) is 15.1. The Morgan fingerprint density at radius 1 is 0.412 bits per heavy atom. The fraction of sp³-hybridized carbons (Fsp3) is 0.0909. The number of benzene rings is 6. The molecule has 0 unspecified atom stereocenters. The lowest BCUT2D eigenvalue weighted by atomic mass is 9.69. The van der Waals surface area contributed by atoms with E-state index in [2.05, 4.69) is 0 Å². The van der Waals surface area contributed by atoms with Crippen LogP contribution in [0.5, 0.6) is 0 Å². The fourth-order valence-electron chi connectivity index (χ4n) is 11.1. The first-order valence-corrected chi connectivity index (χ1v) is 28.5. The van der Waals surface area contributed by atoms with Crippen LogP contribution in [-0.2, 0) is 75.4 Å². The molecule has 0 N–H and O–H groups in total. The summed E-state index contributed by atoms with van der Waals surface area (Å²) in [6, 6.07) is 37.7. The smallest absolute Gasteiger partial charge is 0.333 e. The molecule has 12 nitrogen and oxygen atoms in total. The molecule has 85 heavy (non-hydrogen) atoms. The van der Waals surface area contributed by atoms with Gasteiger partial charge in [0.15, 0.2) is 46.4 Å². The lowest BCUT2D eigenvalue weighted by Gasteiger charge is -2.33. The number of hydrogen-bond donors (Lipinski definition) is 0. The van der Waals surface area contributed by atoms with E-state index in [4.69, 9.17) is 18.9 Å². The molecule has 0 spiro atoms. The maximum Gasteiger partial charge on any atom is 0.333 e. The fourth-order valence-corrected chi connectivity index (χ4v) is 15.3. The summed E-state index contributed by atoms with van der Waals surface area (Å²) >= 11 is 2.94. The van der Waals surface area contributed by atoms with Gasteiger partial charge in [0, 0.05) is 53.4 Å². The predicted octanol–water partition coefficient (Wildman–Crippen LogP) is 12.9. The molecule has 0 fully saturated rings. The van der Waals surface area contributed by atoms with E-state index >= 15 is 19.2 Å². The van der Waals surface area contributed by atoms with Crippen molar-refractivity contribution in [1.82, 2.24) is 0 Å². The molecule has 9 aromatic rings. The van der Waals surface area contributed by atoms with Crippen LogP contribution in [0.3, 0.4) is 0 Å². The molecule has 0 saturated heterocycles. The van der Waals surface area contributed by atoms with Gasteiger partial charge in [-0.05, 0) is 76.4 Å². The third-order valence-corrected chi connectivity index (χ3v) is 18.8. The van der Waals surface area contributed by atoms with Crippen LogP contribution in [0.4, 0.5) is 17.6 Å². The molecule has 0 bridgehead atoms. The molecular weight excluding hydrogens is 1160 g/mol. The number of carbonyl (C=O) groups excluding carboxylic acids is 8. The van der Waals surface area contributed by atoms with E-state index < -0.39 is 135 Å². The van der Waals surface area contributed by atoms with Gasteiger partial charge >= 0.3 is 23.9 Å². The van der Waals surface area contributed by atoms with Crippen LogP contribution < -0.4 is 0 Å². The van der Waals surface area contributed by atoms with Crippen molar-refractivity contribution in [3.05, 3.63) is 269 Å². The number of halogens is 4. The van der Waals surface area contributed by atoms with Crippen LogP contribution in [0.1, 0.15) is 90.1 Å². The van der Waals surface area contributed by atoms with Crippen molar-refractivity contribution in [2.24, 2.45) is 0 Å². The number of Topliss-reactive ketones (excluding diaryl/α,β-unsaturated/α-hetero) is 4. The molecular formula is C66H36F4O12S3. The molecule has 13 rings (SSSR count). The minimum atomic E-state index is -2.97. The maximum absolute atomic E-state index is 16.2. The van der Waals surface area contributed by atoms with Crippen LogP contribution in [0, 0.1) is 23.3 Å². The Bertz CT molecular complexity index is 4320. The van der Waals surface area contributed by atoms with Crippen LogP contribution in [-0.4, -0.2) is 47.0 Å². The van der Waals surface area contributed by atoms with Crippen molar-refractivity contribution in [3.63, 3.8) is 0 Å². The largest absolute Gasteiger partial charge is 0.459 e. The molecule has 4 aliphatic carbocycles. The van der Waals surface area contributed by atoms with Gasteiger partial charge in [0.1, 0.15) is 26.4 Å². The molecule has 19 heteroatoms. The summed E-state index contributed by atoms with van der Waals surface area (Å²) in [7, 11) is 0. The molecule has 0 radical (unpaired) electrons. The summed E-state index contributed by atoms with van der Waals surface area (Å²) in [5, 5.41) is 0. The lowest BCUT2D eigenvalue weighted by molar-refractivity contribution is -0.167. The van der Waals surface area contributed by atoms with E-state index in [0.717, 1.165) is 40.1 Å². The highest BCUT2D eigenvalue weighted by atomic mass is 32.1. The molecule has 3 aromatic heterocycles. The molecule has 0 atom stereocenters. The van der Waals surface area contributed by atoms with Crippen LogP contribution in [0.15, 0.2) is 174 Å². The van der Waals surface area contributed by atoms with E-state index in [1.54, 1.807) is 127 Å². The van der Waals surface area contributed by atoms with Crippen molar-refractivity contribution >= 4 is 103 Å². The summed E-state index contributed by atoms with van der Waals surface area (Å²) in [4.78, 5) is 121. The monoisotopic (exact) mass is 1190 g/mol. The highest BCUT2D eigenvalue weighted by Crippen LogP contribution is 2.66. The number of allylic oxidation sites excluding steroid dienone is 3. The Hall–Kier alpha value is -9.82. The van der Waals surface area contributed by atoms with Crippen molar-refractivity contribution in [2.45, 2.75) is 37.3 Å². The summed E-state index contributed by atoms with van der Waals surface area (Å²) in [5.74, 6) is -14.6. The second kappa shape index (κ2) is 21.1. The van der Waals surface area contributed by atoms with Crippen LogP contribution in [0.25, 0.3) is 31.3 Å². The highest BCUT2D eigenvalue weighted by Gasteiger charge is 2.68. The van der Waals surface area contributed by atoms with E-state index in [1.807, 2.05) is 0 Å². The minimum Gasteiger partial charge on any atom is -0.459 e. The second-order valence-corrected chi connectivity index (χ2v) is 23.3. The summed E-state index contributed by atoms with van der Waals surface area (Å²) < 4.78 is 84.1. The number of rotatable bonds is 14. The minimum absolute atomic E-state index is 0.0320. The van der Waals surface area contributed by atoms with Gasteiger partial charge in [-0.2, -0.15) is 0 Å². The Labute approximate surface area is 490 Å². The first kappa shape index (κ1) is 54.4. The molecule has 418 valence electrons. The number of hydrogen-bond acceptors (Lipinski definition) is 15. The zero-order valence-corrected chi connectivity index (χ0v) is 46.1. The Morgan fingerprint density at radius 3 is 1.15 bits per heavy atom.